The highest BCUT2D eigenvalue weighted by Crippen LogP contribution is 2.16. The van der Waals surface area contributed by atoms with E-state index >= 15 is 0 Å². The summed E-state index contributed by atoms with van der Waals surface area (Å²) < 4.78 is 5.40. The van der Waals surface area contributed by atoms with Crippen molar-refractivity contribution in [3.63, 3.8) is 0 Å². The molecule has 3 nitrogen and oxygen atoms in total. The average molecular weight is 240 g/mol. The summed E-state index contributed by atoms with van der Waals surface area (Å²) in [6.07, 6.45) is 7.99. The lowest BCUT2D eigenvalue weighted by atomic mass is 10.00. The first-order valence-electron chi connectivity index (χ1n) is 7.34. The quantitative estimate of drug-likeness (QED) is 0.767. The van der Waals surface area contributed by atoms with Crippen molar-refractivity contribution < 1.29 is 4.74 Å². The smallest absolute Gasteiger partial charge is 0.0469 e. The molecule has 1 unspecified atom stereocenters. The molecular formula is C14H28N2O. The Morgan fingerprint density at radius 2 is 2.06 bits per heavy atom. The fraction of sp³-hybridized carbons (Fsp3) is 1.00. The summed E-state index contributed by atoms with van der Waals surface area (Å²) in [6, 6.07) is 0.812. The van der Waals surface area contributed by atoms with Crippen molar-refractivity contribution in [1.29, 1.82) is 0 Å². The van der Waals surface area contributed by atoms with E-state index in [9.17, 15) is 0 Å². The first-order valence-corrected chi connectivity index (χ1v) is 7.34. The van der Waals surface area contributed by atoms with Crippen LogP contribution in [0.1, 0.15) is 38.5 Å². The second-order valence-electron chi connectivity index (χ2n) is 5.75. The van der Waals surface area contributed by atoms with Crippen molar-refractivity contribution in [3.8, 4) is 0 Å². The van der Waals surface area contributed by atoms with Crippen molar-refractivity contribution in [2.24, 2.45) is 5.92 Å². The molecule has 2 fully saturated rings. The SMILES string of the molecule is CN(CCCC1CCCN1)CC1CCOCC1. The van der Waals surface area contributed by atoms with E-state index in [1.807, 2.05) is 0 Å². The van der Waals surface area contributed by atoms with Crippen LogP contribution in [-0.4, -0.2) is 50.8 Å². The molecule has 3 heteroatoms. The zero-order valence-corrected chi connectivity index (χ0v) is 11.3. The number of hydrogen-bond acceptors (Lipinski definition) is 3. The molecule has 2 rings (SSSR count). The van der Waals surface area contributed by atoms with Crippen LogP contribution in [0, 0.1) is 5.92 Å². The number of ether oxygens (including phenoxy) is 1. The standard InChI is InChI=1S/C14H28N2O/c1-16(12-13-6-10-17-11-7-13)9-3-5-14-4-2-8-15-14/h13-15H,2-12H2,1H3. The molecule has 17 heavy (non-hydrogen) atoms. The summed E-state index contributed by atoms with van der Waals surface area (Å²) in [7, 11) is 2.28. The van der Waals surface area contributed by atoms with E-state index in [0.29, 0.717) is 0 Å². The fourth-order valence-electron chi connectivity index (χ4n) is 3.07. The van der Waals surface area contributed by atoms with Gasteiger partial charge in [0, 0.05) is 25.8 Å². The number of hydrogen-bond donors (Lipinski definition) is 1. The van der Waals surface area contributed by atoms with Crippen LogP contribution < -0.4 is 5.32 Å². The molecule has 2 saturated heterocycles. The van der Waals surface area contributed by atoms with Gasteiger partial charge in [-0.3, -0.25) is 0 Å². The molecule has 0 radical (unpaired) electrons. The van der Waals surface area contributed by atoms with Crippen molar-refractivity contribution in [2.75, 3.05) is 39.9 Å². The van der Waals surface area contributed by atoms with Gasteiger partial charge in [-0.2, -0.15) is 0 Å². The van der Waals surface area contributed by atoms with E-state index in [1.54, 1.807) is 0 Å². The van der Waals surface area contributed by atoms with Gasteiger partial charge in [0.2, 0.25) is 0 Å². The second-order valence-corrected chi connectivity index (χ2v) is 5.75. The first-order chi connectivity index (χ1) is 8.34. The Labute approximate surface area is 106 Å². The molecule has 0 saturated carbocycles. The second kappa shape index (κ2) is 7.34. The van der Waals surface area contributed by atoms with Crippen molar-refractivity contribution >= 4 is 0 Å². The topological polar surface area (TPSA) is 24.5 Å². The highest BCUT2D eigenvalue weighted by atomic mass is 16.5. The Balaban J connectivity index is 1.52. The Morgan fingerprint density at radius 1 is 1.24 bits per heavy atom. The maximum atomic E-state index is 5.40. The fourth-order valence-corrected chi connectivity index (χ4v) is 3.07. The molecule has 0 amide bonds. The number of rotatable bonds is 6. The van der Waals surface area contributed by atoms with E-state index in [4.69, 9.17) is 4.74 Å². The largest absolute Gasteiger partial charge is 0.381 e. The molecule has 1 N–H and O–H groups in total. The lowest BCUT2D eigenvalue weighted by Crippen LogP contribution is -2.31. The zero-order chi connectivity index (χ0) is 11.9. The van der Waals surface area contributed by atoms with Gasteiger partial charge in [-0.05, 0) is 64.6 Å². The molecule has 0 bridgehead atoms. The maximum absolute atomic E-state index is 5.40. The summed E-state index contributed by atoms with van der Waals surface area (Å²) >= 11 is 0. The zero-order valence-electron chi connectivity index (χ0n) is 11.3. The van der Waals surface area contributed by atoms with Gasteiger partial charge in [0.05, 0.1) is 0 Å². The van der Waals surface area contributed by atoms with Gasteiger partial charge in [-0.25, -0.2) is 0 Å². The third-order valence-corrected chi connectivity index (χ3v) is 4.17. The molecule has 2 aliphatic rings. The van der Waals surface area contributed by atoms with Crippen LogP contribution in [0.2, 0.25) is 0 Å². The van der Waals surface area contributed by atoms with Gasteiger partial charge in [0.1, 0.15) is 0 Å². The third-order valence-electron chi connectivity index (χ3n) is 4.17. The molecule has 1 atom stereocenters. The molecule has 0 aliphatic carbocycles. The summed E-state index contributed by atoms with van der Waals surface area (Å²) in [5.74, 6) is 0.873. The monoisotopic (exact) mass is 240 g/mol. The molecule has 0 aromatic rings. The Kier molecular flexibility index (Phi) is 5.75. The lowest BCUT2D eigenvalue weighted by molar-refractivity contribution is 0.0555. The molecule has 0 spiro atoms. The van der Waals surface area contributed by atoms with Crippen LogP contribution in [0.4, 0.5) is 0 Å². The Hall–Kier alpha value is -0.120. The highest BCUT2D eigenvalue weighted by Gasteiger charge is 2.16. The van der Waals surface area contributed by atoms with Gasteiger partial charge >= 0.3 is 0 Å². The molecule has 100 valence electrons. The van der Waals surface area contributed by atoms with E-state index in [1.165, 1.54) is 58.2 Å². The van der Waals surface area contributed by atoms with Crippen molar-refractivity contribution in [1.82, 2.24) is 10.2 Å². The summed E-state index contributed by atoms with van der Waals surface area (Å²) in [4.78, 5) is 2.52. The van der Waals surface area contributed by atoms with Crippen LogP contribution >= 0.6 is 0 Å². The summed E-state index contributed by atoms with van der Waals surface area (Å²) in [5.41, 5.74) is 0. The van der Waals surface area contributed by atoms with Gasteiger partial charge in [0.25, 0.3) is 0 Å². The Bertz CT molecular complexity index is 198. The minimum atomic E-state index is 0.812. The summed E-state index contributed by atoms with van der Waals surface area (Å²) in [5, 5.41) is 3.58. The van der Waals surface area contributed by atoms with Gasteiger partial charge in [-0.1, -0.05) is 0 Å². The molecule has 2 aliphatic heterocycles. The minimum absolute atomic E-state index is 0.812. The van der Waals surface area contributed by atoms with Crippen LogP contribution in [-0.2, 0) is 4.74 Å². The van der Waals surface area contributed by atoms with Gasteiger partial charge in [-0.15, -0.1) is 0 Å². The van der Waals surface area contributed by atoms with E-state index in [-0.39, 0.29) is 0 Å². The van der Waals surface area contributed by atoms with Gasteiger partial charge in [0.15, 0.2) is 0 Å². The van der Waals surface area contributed by atoms with E-state index in [0.717, 1.165) is 25.2 Å². The van der Waals surface area contributed by atoms with E-state index < -0.39 is 0 Å². The van der Waals surface area contributed by atoms with E-state index in [2.05, 4.69) is 17.3 Å². The molecule has 0 aromatic heterocycles. The number of nitrogens with one attached hydrogen (secondary N) is 1. The lowest BCUT2D eigenvalue weighted by Gasteiger charge is -2.27. The predicted octanol–water partition coefficient (Wildman–Crippen LogP) is 1.88. The Morgan fingerprint density at radius 3 is 2.76 bits per heavy atom. The predicted molar refractivity (Wildman–Crippen MR) is 71.3 cm³/mol. The molecule has 2 heterocycles. The van der Waals surface area contributed by atoms with Gasteiger partial charge < -0.3 is 15.0 Å². The van der Waals surface area contributed by atoms with Crippen molar-refractivity contribution in [2.45, 2.75) is 44.6 Å². The molecular weight excluding hydrogens is 212 g/mol. The van der Waals surface area contributed by atoms with Crippen LogP contribution in [0.15, 0.2) is 0 Å². The third kappa shape index (κ3) is 4.94. The summed E-state index contributed by atoms with van der Waals surface area (Å²) in [6.45, 7) is 5.72. The van der Waals surface area contributed by atoms with Crippen LogP contribution in [0.3, 0.4) is 0 Å². The minimum Gasteiger partial charge on any atom is -0.381 e. The maximum Gasteiger partial charge on any atom is 0.0469 e. The number of nitrogens with zero attached hydrogens (tertiary/aromatic N) is 1. The van der Waals surface area contributed by atoms with Crippen molar-refractivity contribution in [3.05, 3.63) is 0 Å². The average Bonchev–Trinajstić information content (AvgIpc) is 2.83. The first kappa shape index (κ1) is 13.3. The van der Waals surface area contributed by atoms with Crippen LogP contribution in [0.25, 0.3) is 0 Å². The van der Waals surface area contributed by atoms with Crippen LogP contribution in [0.5, 0.6) is 0 Å². The highest BCUT2D eigenvalue weighted by molar-refractivity contribution is 4.74. The normalized spacial score (nSPS) is 26.8. The molecule has 0 aromatic carbocycles.